The van der Waals surface area contributed by atoms with Crippen LogP contribution in [0.5, 0.6) is 0 Å². The minimum absolute atomic E-state index is 0.128. The van der Waals surface area contributed by atoms with Gasteiger partial charge in [0.05, 0.1) is 27.4 Å². The summed E-state index contributed by atoms with van der Waals surface area (Å²) < 4.78 is 4.97. The molecule has 1 atom stereocenters. The first-order valence-corrected chi connectivity index (χ1v) is 9.81. The summed E-state index contributed by atoms with van der Waals surface area (Å²) in [6.45, 7) is 1.17. The molecule has 0 fully saturated rings. The normalized spacial score (nSPS) is 15.4. The Hall–Kier alpha value is -2.29. The first-order chi connectivity index (χ1) is 13.3. The molecule has 2 amide bonds. The molecule has 0 spiro atoms. The lowest BCUT2D eigenvalue weighted by Gasteiger charge is -2.23. The molecule has 28 heavy (non-hydrogen) atoms. The van der Waals surface area contributed by atoms with Crippen molar-refractivity contribution in [3.05, 3.63) is 46.1 Å². The van der Waals surface area contributed by atoms with Crippen LogP contribution in [-0.2, 0) is 19.1 Å². The van der Waals surface area contributed by atoms with Crippen LogP contribution in [0.3, 0.4) is 0 Å². The van der Waals surface area contributed by atoms with Crippen molar-refractivity contribution < 1.29 is 19.1 Å². The van der Waals surface area contributed by atoms with Crippen molar-refractivity contribution in [1.29, 1.82) is 0 Å². The van der Waals surface area contributed by atoms with Crippen LogP contribution in [0.4, 0.5) is 11.5 Å². The van der Waals surface area contributed by atoms with Crippen LogP contribution in [0.15, 0.2) is 35.4 Å². The Morgan fingerprint density at radius 2 is 2.07 bits per heavy atom. The van der Waals surface area contributed by atoms with Gasteiger partial charge in [0.2, 0.25) is 5.91 Å². The van der Waals surface area contributed by atoms with Gasteiger partial charge in [0.1, 0.15) is 0 Å². The summed E-state index contributed by atoms with van der Waals surface area (Å²) in [5.41, 5.74) is 1.29. The van der Waals surface area contributed by atoms with Gasteiger partial charge in [0.15, 0.2) is 12.4 Å². The number of anilines is 2. The Morgan fingerprint density at radius 3 is 2.86 bits per heavy atom. The van der Waals surface area contributed by atoms with E-state index < -0.39 is 23.7 Å². The summed E-state index contributed by atoms with van der Waals surface area (Å²) in [6, 6.07) is 7.31. The average molecular weight is 440 g/mol. The molecule has 1 aliphatic rings. The fraction of sp³-hybridized carbons (Fsp3) is 0.222. The van der Waals surface area contributed by atoms with Gasteiger partial charge in [-0.3, -0.25) is 14.4 Å². The molecule has 2 aromatic rings. The highest BCUT2D eigenvalue weighted by Crippen LogP contribution is 2.36. The van der Waals surface area contributed by atoms with Gasteiger partial charge in [-0.05, 0) is 24.6 Å². The topological polar surface area (TPSA) is 97.4 Å². The van der Waals surface area contributed by atoms with Crippen LogP contribution in [0, 0.1) is 6.92 Å². The largest absolute Gasteiger partial charge is 0.456 e. The number of aromatic nitrogens is 1. The number of hydrogen-bond acceptors (Lipinski definition) is 6. The summed E-state index contributed by atoms with van der Waals surface area (Å²) in [7, 11) is 0. The van der Waals surface area contributed by atoms with Gasteiger partial charge in [-0.1, -0.05) is 35.3 Å². The Balaban J connectivity index is 1.51. The molecule has 0 saturated carbocycles. The Bertz CT molecular complexity index is 954. The molecule has 1 aromatic carbocycles. The highest BCUT2D eigenvalue weighted by atomic mass is 35.5. The van der Waals surface area contributed by atoms with Gasteiger partial charge >= 0.3 is 5.97 Å². The number of halogens is 2. The number of rotatable bonds is 5. The maximum atomic E-state index is 12.1. The minimum atomic E-state index is -0.659. The second kappa shape index (κ2) is 8.81. The van der Waals surface area contributed by atoms with Crippen LogP contribution in [0.25, 0.3) is 0 Å². The maximum absolute atomic E-state index is 12.1. The molecule has 0 bridgehead atoms. The monoisotopic (exact) mass is 439 g/mol. The highest BCUT2D eigenvalue weighted by Gasteiger charge is 2.29. The van der Waals surface area contributed by atoms with Crippen LogP contribution in [0.2, 0.25) is 10.0 Å². The number of pyridine rings is 1. The Morgan fingerprint density at radius 1 is 1.32 bits per heavy atom. The lowest BCUT2D eigenvalue weighted by Crippen LogP contribution is -2.32. The number of carbonyl (C=O) groups is 3. The van der Waals surface area contributed by atoms with Crippen molar-refractivity contribution in [1.82, 2.24) is 4.98 Å². The molecular formula is C18H15Cl2N3O4S. The van der Waals surface area contributed by atoms with Crippen LogP contribution >= 0.6 is 35.0 Å². The van der Waals surface area contributed by atoms with Crippen molar-refractivity contribution in [3.63, 3.8) is 0 Å². The Kier molecular flexibility index (Phi) is 6.43. The third kappa shape index (κ3) is 4.76. The van der Waals surface area contributed by atoms with Gasteiger partial charge in [0, 0.05) is 11.1 Å². The third-order valence-corrected chi connectivity index (χ3v) is 6.00. The van der Waals surface area contributed by atoms with Gasteiger partial charge in [-0.2, -0.15) is 0 Å². The van der Waals surface area contributed by atoms with Gasteiger partial charge in [-0.15, -0.1) is 11.8 Å². The number of amides is 2. The number of carbonyl (C=O) groups excluding carboxylic acids is 3. The van der Waals surface area contributed by atoms with Crippen LogP contribution in [0.1, 0.15) is 12.0 Å². The molecule has 2 N–H and O–H groups in total. The summed E-state index contributed by atoms with van der Waals surface area (Å²) in [5, 5.41) is 5.16. The maximum Gasteiger partial charge on any atom is 0.307 e. The molecule has 0 saturated heterocycles. The third-order valence-electron chi connectivity index (χ3n) is 3.88. The number of fused-ring (bicyclic) bond motifs is 1. The van der Waals surface area contributed by atoms with E-state index in [1.165, 1.54) is 18.0 Å². The molecule has 10 heteroatoms. The van der Waals surface area contributed by atoms with E-state index in [0.717, 1.165) is 4.90 Å². The van der Waals surface area contributed by atoms with Crippen LogP contribution in [-0.4, -0.2) is 34.6 Å². The average Bonchev–Trinajstić information content (AvgIpc) is 2.67. The van der Waals surface area contributed by atoms with Crippen molar-refractivity contribution >= 4 is 64.3 Å². The number of hydrogen-bond donors (Lipinski definition) is 2. The molecular weight excluding hydrogens is 425 g/mol. The number of ether oxygens (including phenoxy) is 1. The van der Waals surface area contributed by atoms with Crippen molar-refractivity contribution in [2.24, 2.45) is 0 Å². The number of nitrogens with one attached hydrogen (secondary N) is 2. The molecule has 146 valence electrons. The molecule has 0 radical (unpaired) electrons. The van der Waals surface area contributed by atoms with Crippen molar-refractivity contribution in [3.8, 4) is 0 Å². The fourth-order valence-corrected chi connectivity index (χ4v) is 3.88. The lowest BCUT2D eigenvalue weighted by molar-refractivity contribution is -0.147. The summed E-state index contributed by atoms with van der Waals surface area (Å²) in [5.74, 6) is -1.41. The van der Waals surface area contributed by atoms with Gasteiger partial charge in [-0.25, -0.2) is 4.98 Å². The molecule has 0 unspecified atom stereocenters. The van der Waals surface area contributed by atoms with Crippen LogP contribution < -0.4 is 10.6 Å². The molecule has 2 heterocycles. The standard InChI is InChI=1S/C18H15Cl2N3O4S/c1-9-10(19)7-21-17(16(9)20)23-14(24)8-27-15(25)6-13-18(26)22-11-4-2-3-5-12(11)28-13/h2-5,7,13H,6,8H2,1H3,(H,22,26)(H,21,23,24)/t13-/m1/s1. The van der Waals surface area contributed by atoms with E-state index in [2.05, 4.69) is 15.6 Å². The number of nitrogens with zero attached hydrogens (tertiary/aromatic N) is 1. The smallest absolute Gasteiger partial charge is 0.307 e. The molecule has 3 rings (SSSR count). The summed E-state index contributed by atoms with van der Waals surface area (Å²) in [4.78, 5) is 40.9. The quantitative estimate of drug-likeness (QED) is 0.689. The van der Waals surface area contributed by atoms with Crippen molar-refractivity contribution in [2.75, 3.05) is 17.2 Å². The lowest BCUT2D eigenvalue weighted by atomic mass is 10.2. The number of esters is 1. The zero-order valence-electron chi connectivity index (χ0n) is 14.6. The van der Waals surface area contributed by atoms with Gasteiger partial charge < -0.3 is 15.4 Å². The number of benzene rings is 1. The first kappa shape index (κ1) is 20.4. The van der Waals surface area contributed by atoms with Gasteiger partial charge in [0.25, 0.3) is 5.91 Å². The van der Waals surface area contributed by atoms with E-state index in [0.29, 0.717) is 16.3 Å². The zero-order valence-corrected chi connectivity index (χ0v) is 17.0. The highest BCUT2D eigenvalue weighted by molar-refractivity contribution is 8.01. The zero-order chi connectivity index (χ0) is 20.3. The van der Waals surface area contributed by atoms with Crippen molar-refractivity contribution in [2.45, 2.75) is 23.5 Å². The van der Waals surface area contributed by atoms with E-state index >= 15 is 0 Å². The molecule has 7 nitrogen and oxygen atoms in total. The van der Waals surface area contributed by atoms with E-state index in [-0.39, 0.29) is 23.2 Å². The SMILES string of the molecule is Cc1c(Cl)cnc(NC(=O)COC(=O)C[C@H]2Sc3ccccc3NC2=O)c1Cl. The first-order valence-electron chi connectivity index (χ1n) is 8.17. The minimum Gasteiger partial charge on any atom is -0.456 e. The van der Waals surface area contributed by atoms with E-state index in [4.69, 9.17) is 27.9 Å². The number of thioether (sulfide) groups is 1. The fourth-order valence-electron chi connectivity index (χ4n) is 2.40. The predicted molar refractivity (Wildman–Crippen MR) is 108 cm³/mol. The number of para-hydroxylation sites is 1. The molecule has 1 aliphatic heterocycles. The summed E-state index contributed by atoms with van der Waals surface area (Å²) >= 11 is 13.3. The summed E-state index contributed by atoms with van der Waals surface area (Å²) in [6.07, 6.45) is 1.21. The second-order valence-electron chi connectivity index (χ2n) is 5.90. The predicted octanol–water partition coefficient (Wildman–Crippen LogP) is 3.68. The van der Waals surface area contributed by atoms with E-state index in [1.54, 1.807) is 13.0 Å². The second-order valence-corrected chi connectivity index (χ2v) is 7.93. The molecule has 0 aliphatic carbocycles. The van der Waals surface area contributed by atoms with E-state index in [1.807, 2.05) is 18.2 Å². The van der Waals surface area contributed by atoms with E-state index in [9.17, 15) is 14.4 Å². The Labute approximate surface area is 175 Å². The molecule has 1 aromatic heterocycles.